The number of rotatable bonds is 9. The third-order valence-corrected chi connectivity index (χ3v) is 6.25. The molecule has 3 N–H and O–H groups in total. The Kier molecular flexibility index (Phi) is 11.5. The second kappa shape index (κ2) is 13.6. The summed E-state index contributed by atoms with van der Waals surface area (Å²) in [7, 11) is 2.19. The molecule has 0 bridgehead atoms. The zero-order valence-electron chi connectivity index (χ0n) is 19.1. The highest BCUT2D eigenvalue weighted by Crippen LogP contribution is 2.31. The van der Waals surface area contributed by atoms with Crippen LogP contribution in [-0.4, -0.2) is 87.0 Å². The molecule has 1 aromatic rings. The van der Waals surface area contributed by atoms with Gasteiger partial charge in [0.1, 0.15) is 0 Å². The molecular weight excluding hydrogens is 505 g/mol. The van der Waals surface area contributed by atoms with E-state index in [1.54, 1.807) is 0 Å². The average molecular weight is 546 g/mol. The second-order valence-electron chi connectivity index (χ2n) is 8.72. The summed E-state index contributed by atoms with van der Waals surface area (Å²) in [5.74, 6) is 0.822. The van der Waals surface area contributed by atoms with Gasteiger partial charge in [-0.1, -0.05) is 24.3 Å². The van der Waals surface area contributed by atoms with Crippen LogP contribution in [0.2, 0.25) is 0 Å². The molecule has 1 atom stereocenters. The molecule has 2 heterocycles. The third kappa shape index (κ3) is 8.49. The van der Waals surface area contributed by atoms with Crippen molar-refractivity contribution >= 4 is 29.9 Å². The van der Waals surface area contributed by atoms with Gasteiger partial charge in [0, 0.05) is 64.4 Å². The summed E-state index contributed by atoms with van der Waals surface area (Å²) in [6.07, 6.45) is 1.74. The van der Waals surface area contributed by atoms with Gasteiger partial charge in [-0.15, -0.1) is 24.0 Å². The molecule has 0 saturated carbocycles. The van der Waals surface area contributed by atoms with Crippen molar-refractivity contribution in [1.82, 2.24) is 20.4 Å². The molecule has 1 aromatic carbocycles. The number of nitrogens with zero attached hydrogens (tertiary/aromatic N) is 3. The van der Waals surface area contributed by atoms with Crippen molar-refractivity contribution in [2.45, 2.75) is 32.9 Å². The summed E-state index contributed by atoms with van der Waals surface area (Å²) in [6, 6.07) is 8.85. The van der Waals surface area contributed by atoms with Crippen LogP contribution in [0.15, 0.2) is 29.3 Å². The lowest BCUT2D eigenvalue weighted by Crippen LogP contribution is -2.44. The van der Waals surface area contributed by atoms with Crippen molar-refractivity contribution in [2.24, 2.45) is 10.4 Å². The summed E-state index contributed by atoms with van der Waals surface area (Å²) in [6.45, 7) is 11.6. The Labute approximate surface area is 204 Å². The van der Waals surface area contributed by atoms with E-state index in [4.69, 9.17) is 9.73 Å². The van der Waals surface area contributed by atoms with Crippen molar-refractivity contribution in [3.05, 3.63) is 35.4 Å². The molecular formula is C23H40IN5O2. The SMILES string of the molecule is CCNC(=NCc1ccc(CN2CCN(C)CC2)cc1)NCC1(CCO)CCOC1.I. The quantitative estimate of drug-likeness (QED) is 0.250. The Morgan fingerprint density at radius 1 is 1.13 bits per heavy atom. The van der Waals surface area contributed by atoms with Crippen LogP contribution in [0.25, 0.3) is 0 Å². The van der Waals surface area contributed by atoms with Gasteiger partial charge in [-0.2, -0.15) is 0 Å². The molecule has 8 heteroatoms. The first-order valence-corrected chi connectivity index (χ1v) is 11.3. The molecule has 0 amide bonds. The molecule has 0 aromatic heterocycles. The minimum atomic E-state index is 0. The van der Waals surface area contributed by atoms with Gasteiger partial charge in [-0.25, -0.2) is 4.99 Å². The van der Waals surface area contributed by atoms with Crippen molar-refractivity contribution in [1.29, 1.82) is 0 Å². The van der Waals surface area contributed by atoms with Crippen molar-refractivity contribution < 1.29 is 9.84 Å². The lowest BCUT2D eigenvalue weighted by atomic mass is 9.84. The predicted octanol–water partition coefficient (Wildman–Crippen LogP) is 1.90. The Morgan fingerprint density at radius 2 is 1.84 bits per heavy atom. The van der Waals surface area contributed by atoms with Gasteiger partial charge in [-0.3, -0.25) is 4.90 Å². The van der Waals surface area contributed by atoms with Crippen molar-refractivity contribution in [2.75, 3.05) is 66.1 Å². The van der Waals surface area contributed by atoms with Gasteiger partial charge >= 0.3 is 0 Å². The highest BCUT2D eigenvalue weighted by atomic mass is 127. The van der Waals surface area contributed by atoms with E-state index in [-0.39, 0.29) is 36.0 Å². The Morgan fingerprint density at radius 3 is 2.45 bits per heavy atom. The van der Waals surface area contributed by atoms with Gasteiger partial charge in [0.15, 0.2) is 5.96 Å². The molecule has 7 nitrogen and oxygen atoms in total. The van der Waals surface area contributed by atoms with E-state index in [1.165, 1.54) is 11.1 Å². The molecule has 0 spiro atoms. The molecule has 31 heavy (non-hydrogen) atoms. The molecule has 3 rings (SSSR count). The summed E-state index contributed by atoms with van der Waals surface area (Å²) in [4.78, 5) is 9.68. The highest BCUT2D eigenvalue weighted by molar-refractivity contribution is 14.0. The van der Waals surface area contributed by atoms with E-state index in [1.807, 2.05) is 0 Å². The average Bonchev–Trinajstić information content (AvgIpc) is 3.22. The van der Waals surface area contributed by atoms with Gasteiger partial charge in [0.2, 0.25) is 0 Å². The number of nitrogens with one attached hydrogen (secondary N) is 2. The maximum Gasteiger partial charge on any atom is 0.191 e. The number of halogens is 1. The molecule has 2 aliphatic rings. The number of guanidine groups is 1. The van der Waals surface area contributed by atoms with Crippen LogP contribution in [0.1, 0.15) is 30.9 Å². The number of benzene rings is 1. The van der Waals surface area contributed by atoms with Crippen molar-refractivity contribution in [3.63, 3.8) is 0 Å². The Hall–Kier alpha value is -0.940. The Balaban J connectivity index is 0.00000341. The minimum absolute atomic E-state index is 0. The van der Waals surface area contributed by atoms with Crippen LogP contribution < -0.4 is 10.6 Å². The lowest BCUT2D eigenvalue weighted by Gasteiger charge is -2.32. The summed E-state index contributed by atoms with van der Waals surface area (Å²) >= 11 is 0. The first kappa shape index (κ1) is 26.3. The summed E-state index contributed by atoms with van der Waals surface area (Å²) in [5, 5.41) is 16.2. The molecule has 0 radical (unpaired) electrons. The van der Waals surface area contributed by atoms with Crippen LogP contribution in [0.4, 0.5) is 0 Å². The highest BCUT2D eigenvalue weighted by Gasteiger charge is 2.34. The molecule has 2 fully saturated rings. The zero-order chi connectivity index (χ0) is 21.2. The number of likely N-dealkylation sites (N-methyl/N-ethyl adjacent to an activating group) is 1. The topological polar surface area (TPSA) is 72.4 Å². The first-order valence-electron chi connectivity index (χ1n) is 11.3. The van der Waals surface area contributed by atoms with Gasteiger partial charge in [0.05, 0.1) is 13.2 Å². The lowest BCUT2D eigenvalue weighted by molar-refractivity contribution is 0.127. The normalized spacial score (nSPS) is 22.9. The fourth-order valence-corrected chi connectivity index (χ4v) is 4.11. The number of hydrogen-bond donors (Lipinski definition) is 3. The van der Waals surface area contributed by atoms with E-state index < -0.39 is 0 Å². The van der Waals surface area contributed by atoms with Crippen LogP contribution in [0.3, 0.4) is 0 Å². The number of piperazine rings is 1. The largest absolute Gasteiger partial charge is 0.396 e. The third-order valence-electron chi connectivity index (χ3n) is 6.25. The molecule has 2 aliphatic heterocycles. The maximum atomic E-state index is 9.42. The standard InChI is InChI=1S/C23H39N5O2.HI/c1-3-24-22(26-18-23(8-14-29)9-15-30-19-23)25-16-20-4-6-21(7-5-20)17-28-12-10-27(2)11-13-28;/h4-7,29H,3,8-19H2,1-2H3,(H2,24,25,26);1H. The summed E-state index contributed by atoms with van der Waals surface area (Å²) < 4.78 is 5.59. The number of aliphatic hydroxyl groups excluding tert-OH is 1. The maximum absolute atomic E-state index is 9.42. The van der Waals surface area contributed by atoms with E-state index in [0.29, 0.717) is 13.2 Å². The fraction of sp³-hybridized carbons (Fsp3) is 0.696. The first-order chi connectivity index (χ1) is 14.6. The van der Waals surface area contributed by atoms with Crippen LogP contribution in [-0.2, 0) is 17.8 Å². The molecule has 0 aliphatic carbocycles. The van der Waals surface area contributed by atoms with Gasteiger partial charge in [-0.05, 0) is 37.9 Å². The number of aliphatic hydroxyl groups is 1. The Bertz CT molecular complexity index is 656. The van der Waals surface area contributed by atoms with Crippen LogP contribution >= 0.6 is 24.0 Å². The summed E-state index contributed by atoms with van der Waals surface area (Å²) in [5.41, 5.74) is 2.59. The van der Waals surface area contributed by atoms with Crippen molar-refractivity contribution in [3.8, 4) is 0 Å². The molecule has 2 saturated heterocycles. The predicted molar refractivity (Wildman–Crippen MR) is 137 cm³/mol. The number of hydrogen-bond acceptors (Lipinski definition) is 5. The second-order valence-corrected chi connectivity index (χ2v) is 8.72. The van der Waals surface area contributed by atoms with Crippen LogP contribution in [0.5, 0.6) is 0 Å². The van der Waals surface area contributed by atoms with E-state index >= 15 is 0 Å². The van der Waals surface area contributed by atoms with E-state index in [9.17, 15) is 5.11 Å². The molecule has 1 unspecified atom stereocenters. The fourth-order valence-electron chi connectivity index (χ4n) is 4.11. The zero-order valence-corrected chi connectivity index (χ0v) is 21.4. The van der Waals surface area contributed by atoms with E-state index in [2.05, 4.69) is 58.7 Å². The monoisotopic (exact) mass is 545 g/mol. The molecule has 176 valence electrons. The van der Waals surface area contributed by atoms with Gasteiger partial charge in [0.25, 0.3) is 0 Å². The minimum Gasteiger partial charge on any atom is -0.396 e. The number of aliphatic imine (C=N–C) groups is 1. The number of ether oxygens (including phenoxy) is 1. The van der Waals surface area contributed by atoms with Gasteiger partial charge < -0.3 is 25.4 Å². The van der Waals surface area contributed by atoms with Crippen LogP contribution in [0, 0.1) is 5.41 Å². The van der Waals surface area contributed by atoms with E-state index in [0.717, 1.165) is 71.2 Å². The smallest absolute Gasteiger partial charge is 0.191 e.